The number of aromatic amines is 1. The van der Waals surface area contributed by atoms with Crippen LogP contribution in [0, 0.1) is 6.92 Å². The number of aryl methyl sites for hydroxylation is 1. The van der Waals surface area contributed by atoms with Gasteiger partial charge < -0.3 is 4.98 Å². The molecule has 0 spiro atoms. The first-order valence-corrected chi connectivity index (χ1v) is 4.52. The van der Waals surface area contributed by atoms with E-state index in [1.807, 2.05) is 33.2 Å². The molecule has 0 aromatic carbocycles. The number of H-pyrrole nitrogens is 1. The molecule has 0 radical (unpaired) electrons. The van der Waals surface area contributed by atoms with Gasteiger partial charge in [-0.3, -0.25) is 4.99 Å². The van der Waals surface area contributed by atoms with Crippen molar-refractivity contribution < 1.29 is 0 Å². The molecule has 1 N–H and O–H groups in total. The first kappa shape index (κ1) is 11.7. The molecule has 0 aliphatic heterocycles. The largest absolute Gasteiger partial charge is 0.361 e. The smallest absolute Gasteiger partial charge is 0.0466 e. The van der Waals surface area contributed by atoms with Crippen LogP contribution in [-0.4, -0.2) is 18.2 Å². The molecule has 0 fully saturated rings. The van der Waals surface area contributed by atoms with Crippen molar-refractivity contribution in [2.24, 2.45) is 4.99 Å². The van der Waals surface area contributed by atoms with Gasteiger partial charge in [-0.25, -0.2) is 0 Å². The number of aliphatic imine (C=N–C) groups is 1. The molecule has 2 heteroatoms. The molecule has 0 bridgehead atoms. The number of hydrogen-bond acceptors (Lipinski definition) is 1. The van der Waals surface area contributed by atoms with Crippen molar-refractivity contribution in [1.29, 1.82) is 0 Å². The van der Waals surface area contributed by atoms with E-state index in [1.54, 1.807) is 13.1 Å². The Hall–Kier alpha value is -1.31. The van der Waals surface area contributed by atoms with Gasteiger partial charge in [-0.2, -0.15) is 0 Å². The van der Waals surface area contributed by atoms with Crippen LogP contribution in [0.1, 0.15) is 30.7 Å². The lowest BCUT2D eigenvalue weighted by Gasteiger charge is -1.91. The van der Waals surface area contributed by atoms with Gasteiger partial charge in [0.15, 0.2) is 0 Å². The minimum Gasteiger partial charge on any atom is -0.361 e. The number of nitrogens with one attached hydrogen (secondary N) is 1. The minimum atomic E-state index is 1.04. The second kappa shape index (κ2) is 6.23. The van der Waals surface area contributed by atoms with Crippen molar-refractivity contribution >= 4 is 12.3 Å². The molecule has 0 unspecified atom stereocenters. The van der Waals surface area contributed by atoms with Gasteiger partial charge >= 0.3 is 0 Å². The molecule has 0 atom stereocenters. The number of rotatable bonds is 2. The molecular formula is C11H18N2. The van der Waals surface area contributed by atoms with E-state index in [9.17, 15) is 0 Å². The van der Waals surface area contributed by atoms with Crippen molar-refractivity contribution in [2.45, 2.75) is 20.8 Å². The van der Waals surface area contributed by atoms with E-state index < -0.39 is 0 Å². The van der Waals surface area contributed by atoms with Crippen LogP contribution in [0.2, 0.25) is 0 Å². The van der Waals surface area contributed by atoms with Crippen molar-refractivity contribution in [3.63, 3.8) is 0 Å². The molecule has 2 nitrogen and oxygen atoms in total. The summed E-state index contributed by atoms with van der Waals surface area (Å²) in [6.45, 7) is 9.74. The summed E-state index contributed by atoms with van der Waals surface area (Å²) in [4.78, 5) is 7.05. The van der Waals surface area contributed by atoms with E-state index in [-0.39, 0.29) is 0 Å². The number of nitrogens with zero attached hydrogens (tertiary/aromatic N) is 1. The highest BCUT2D eigenvalue weighted by molar-refractivity contribution is 5.86. The number of hydrogen-bond donors (Lipinski definition) is 1. The van der Waals surface area contributed by atoms with Crippen LogP contribution in [0.4, 0.5) is 0 Å². The van der Waals surface area contributed by atoms with Gasteiger partial charge in [0.05, 0.1) is 0 Å². The van der Waals surface area contributed by atoms with Crippen LogP contribution >= 0.6 is 0 Å². The first-order valence-electron chi connectivity index (χ1n) is 4.52. The van der Waals surface area contributed by atoms with Gasteiger partial charge in [0.2, 0.25) is 0 Å². The lowest BCUT2D eigenvalue weighted by Crippen LogP contribution is -1.84. The van der Waals surface area contributed by atoms with Gasteiger partial charge in [-0.05, 0) is 18.6 Å². The molecule has 1 aromatic rings. The normalized spacial score (nSPS) is 9.54. The Kier molecular flexibility index (Phi) is 5.60. The SMILES string of the molecule is C=Cc1[nH]cc(C)c1C=NC.CC. The van der Waals surface area contributed by atoms with Gasteiger partial charge in [0.1, 0.15) is 0 Å². The fourth-order valence-electron chi connectivity index (χ4n) is 1.02. The Balaban J connectivity index is 0.000000671. The highest BCUT2D eigenvalue weighted by Gasteiger charge is 2.00. The molecule has 0 aliphatic carbocycles. The maximum absolute atomic E-state index is 3.95. The monoisotopic (exact) mass is 178 g/mol. The fraction of sp³-hybridized carbons (Fsp3) is 0.364. The molecular weight excluding hydrogens is 160 g/mol. The van der Waals surface area contributed by atoms with Gasteiger partial charge in [-0.15, -0.1) is 0 Å². The third-order valence-corrected chi connectivity index (χ3v) is 1.62. The highest BCUT2D eigenvalue weighted by Crippen LogP contribution is 2.11. The fourth-order valence-corrected chi connectivity index (χ4v) is 1.02. The second-order valence-electron chi connectivity index (χ2n) is 2.39. The van der Waals surface area contributed by atoms with Crippen LogP contribution in [0.15, 0.2) is 17.8 Å². The minimum absolute atomic E-state index is 1.04. The molecule has 0 aliphatic rings. The van der Waals surface area contributed by atoms with Gasteiger partial charge in [0, 0.05) is 30.7 Å². The van der Waals surface area contributed by atoms with Crippen LogP contribution in [-0.2, 0) is 0 Å². The molecule has 0 amide bonds. The van der Waals surface area contributed by atoms with Crippen LogP contribution in [0.3, 0.4) is 0 Å². The summed E-state index contributed by atoms with van der Waals surface area (Å²) in [5.41, 5.74) is 3.36. The van der Waals surface area contributed by atoms with E-state index in [1.165, 1.54) is 5.56 Å². The summed E-state index contributed by atoms with van der Waals surface area (Å²) in [6, 6.07) is 0. The van der Waals surface area contributed by atoms with Gasteiger partial charge in [-0.1, -0.05) is 20.4 Å². The van der Waals surface area contributed by atoms with E-state index in [4.69, 9.17) is 0 Å². The van der Waals surface area contributed by atoms with Crippen molar-refractivity contribution in [3.8, 4) is 0 Å². The quantitative estimate of drug-likeness (QED) is 0.674. The van der Waals surface area contributed by atoms with Crippen LogP contribution in [0.25, 0.3) is 6.08 Å². The molecule has 0 saturated heterocycles. The predicted octanol–water partition coefficient (Wildman–Crippen LogP) is 3.04. The summed E-state index contributed by atoms with van der Waals surface area (Å²) in [6.07, 6.45) is 5.58. The maximum Gasteiger partial charge on any atom is 0.0466 e. The zero-order chi connectivity index (χ0) is 10.3. The van der Waals surface area contributed by atoms with Crippen LogP contribution < -0.4 is 0 Å². The Labute approximate surface area is 80.4 Å². The standard InChI is InChI=1S/C9H12N2.C2H6/c1-4-9-8(6-10-3)7(2)5-11-9;1-2/h4-6,11H,1H2,2-3H3;1-2H3. The molecule has 1 rings (SSSR count). The average molecular weight is 178 g/mol. The average Bonchev–Trinajstić information content (AvgIpc) is 2.52. The molecule has 72 valence electrons. The Bertz CT molecular complexity index is 282. The summed E-state index contributed by atoms with van der Waals surface area (Å²) in [5.74, 6) is 0. The summed E-state index contributed by atoms with van der Waals surface area (Å²) >= 11 is 0. The van der Waals surface area contributed by atoms with Crippen LogP contribution in [0.5, 0.6) is 0 Å². The third-order valence-electron chi connectivity index (χ3n) is 1.62. The molecule has 0 saturated carbocycles. The van der Waals surface area contributed by atoms with Crippen molar-refractivity contribution in [1.82, 2.24) is 4.98 Å². The molecule has 1 aromatic heterocycles. The summed E-state index contributed by atoms with van der Waals surface area (Å²) in [7, 11) is 1.76. The molecule has 1 heterocycles. The van der Waals surface area contributed by atoms with Crippen molar-refractivity contribution in [3.05, 3.63) is 29.6 Å². The zero-order valence-electron chi connectivity index (χ0n) is 8.89. The third kappa shape index (κ3) is 2.90. The van der Waals surface area contributed by atoms with E-state index >= 15 is 0 Å². The predicted molar refractivity (Wildman–Crippen MR) is 60.5 cm³/mol. The van der Waals surface area contributed by atoms with Gasteiger partial charge in [0.25, 0.3) is 0 Å². The lowest BCUT2D eigenvalue weighted by atomic mass is 10.2. The summed E-state index contributed by atoms with van der Waals surface area (Å²) < 4.78 is 0. The lowest BCUT2D eigenvalue weighted by molar-refractivity contribution is 1.36. The first-order chi connectivity index (χ1) is 6.29. The maximum atomic E-state index is 3.95. The number of aromatic nitrogens is 1. The topological polar surface area (TPSA) is 28.1 Å². The zero-order valence-corrected chi connectivity index (χ0v) is 8.89. The highest BCUT2D eigenvalue weighted by atomic mass is 14.7. The Morgan fingerprint density at radius 2 is 2.08 bits per heavy atom. The van der Waals surface area contributed by atoms with E-state index in [2.05, 4.69) is 16.6 Å². The molecule has 13 heavy (non-hydrogen) atoms. The van der Waals surface area contributed by atoms with E-state index in [0.717, 1.165) is 11.3 Å². The van der Waals surface area contributed by atoms with Crippen molar-refractivity contribution in [2.75, 3.05) is 7.05 Å². The second-order valence-corrected chi connectivity index (χ2v) is 2.39. The summed E-state index contributed by atoms with van der Waals surface area (Å²) in [5, 5.41) is 0. The van der Waals surface area contributed by atoms with E-state index in [0.29, 0.717) is 0 Å². The Morgan fingerprint density at radius 3 is 2.54 bits per heavy atom. The Morgan fingerprint density at radius 1 is 1.46 bits per heavy atom.